The van der Waals surface area contributed by atoms with Gasteiger partial charge in [-0.1, -0.05) is 0 Å². The molecule has 6 nitrogen and oxygen atoms in total. The summed E-state index contributed by atoms with van der Waals surface area (Å²) in [4.78, 5) is 16.4. The van der Waals surface area contributed by atoms with Gasteiger partial charge < -0.3 is 20.1 Å². The van der Waals surface area contributed by atoms with E-state index >= 15 is 0 Å². The third-order valence-electron chi connectivity index (χ3n) is 3.44. The van der Waals surface area contributed by atoms with Crippen LogP contribution in [0.4, 0.5) is 0 Å². The first kappa shape index (κ1) is 15.7. The highest BCUT2D eigenvalue weighted by Crippen LogP contribution is 2.25. The van der Waals surface area contributed by atoms with Crippen molar-refractivity contribution in [3.63, 3.8) is 0 Å². The molecule has 114 valence electrons. The molecular weight excluding hydrogens is 290 g/mol. The van der Waals surface area contributed by atoms with Crippen LogP contribution in [0.2, 0.25) is 0 Å². The van der Waals surface area contributed by atoms with Crippen LogP contribution in [0.3, 0.4) is 0 Å². The smallest absolute Gasteiger partial charge is 0.271 e. The Labute approximate surface area is 127 Å². The summed E-state index contributed by atoms with van der Waals surface area (Å²) in [6.45, 7) is 2.88. The average Bonchev–Trinajstić information content (AvgIpc) is 3.07. The molecule has 0 unspecified atom stereocenters. The number of carbonyl (C=O) groups is 1. The van der Waals surface area contributed by atoms with Gasteiger partial charge in [0.1, 0.15) is 10.7 Å². The predicted molar refractivity (Wildman–Crippen MR) is 81.3 cm³/mol. The number of aliphatic hydroxyl groups excluding tert-OH is 2. The summed E-state index contributed by atoms with van der Waals surface area (Å²) in [5.74, 6) is -0.408. The van der Waals surface area contributed by atoms with Gasteiger partial charge in [0.05, 0.1) is 24.4 Å². The van der Waals surface area contributed by atoms with E-state index in [4.69, 9.17) is 0 Å². The zero-order valence-corrected chi connectivity index (χ0v) is 13.1. The molecule has 0 aliphatic carbocycles. The normalized spacial score (nSPS) is 11.7. The summed E-state index contributed by atoms with van der Waals surface area (Å²) in [6, 6.07) is 3.95. The molecule has 2 rings (SSSR count). The number of hydrogen-bond acceptors (Lipinski definition) is 5. The summed E-state index contributed by atoms with van der Waals surface area (Å²) in [5, 5.41) is 23.4. The minimum Gasteiger partial charge on any atom is -0.394 e. The van der Waals surface area contributed by atoms with Crippen LogP contribution in [-0.2, 0) is 7.05 Å². The Morgan fingerprint density at radius 1 is 1.43 bits per heavy atom. The van der Waals surface area contributed by atoms with Crippen molar-refractivity contribution in [3.05, 3.63) is 28.9 Å². The van der Waals surface area contributed by atoms with Crippen LogP contribution in [-0.4, -0.2) is 44.4 Å². The lowest BCUT2D eigenvalue weighted by Gasteiger charge is -2.25. The molecule has 0 aliphatic rings. The first-order valence-electron chi connectivity index (χ1n) is 6.52. The lowest BCUT2D eigenvalue weighted by molar-refractivity contribution is 0.0720. The van der Waals surface area contributed by atoms with E-state index in [-0.39, 0.29) is 18.9 Å². The van der Waals surface area contributed by atoms with Crippen LogP contribution in [0.5, 0.6) is 0 Å². The van der Waals surface area contributed by atoms with Crippen molar-refractivity contribution in [2.45, 2.75) is 19.4 Å². The minimum absolute atomic E-state index is 0.280. The quantitative estimate of drug-likeness (QED) is 0.767. The van der Waals surface area contributed by atoms with Crippen LogP contribution in [0.25, 0.3) is 10.7 Å². The molecule has 0 radical (unpaired) electrons. The largest absolute Gasteiger partial charge is 0.394 e. The van der Waals surface area contributed by atoms with E-state index in [1.807, 2.05) is 30.7 Å². The third kappa shape index (κ3) is 3.15. The molecule has 21 heavy (non-hydrogen) atoms. The van der Waals surface area contributed by atoms with E-state index in [9.17, 15) is 15.0 Å². The molecule has 1 amide bonds. The second kappa shape index (κ2) is 5.97. The van der Waals surface area contributed by atoms with Crippen molar-refractivity contribution in [3.8, 4) is 10.7 Å². The van der Waals surface area contributed by atoms with Gasteiger partial charge in [0.25, 0.3) is 5.91 Å². The molecule has 7 heteroatoms. The van der Waals surface area contributed by atoms with E-state index in [0.29, 0.717) is 0 Å². The molecule has 3 N–H and O–H groups in total. The molecule has 2 aromatic rings. The van der Waals surface area contributed by atoms with E-state index in [1.165, 1.54) is 11.3 Å². The van der Waals surface area contributed by atoms with Gasteiger partial charge in [0.15, 0.2) is 0 Å². The number of carbonyl (C=O) groups excluding carboxylic acids is 1. The van der Waals surface area contributed by atoms with Gasteiger partial charge in [-0.3, -0.25) is 4.79 Å². The fraction of sp³-hybridized carbons (Fsp3) is 0.429. The molecule has 0 aliphatic heterocycles. The topological polar surface area (TPSA) is 87.4 Å². The maximum absolute atomic E-state index is 12.1. The highest BCUT2D eigenvalue weighted by molar-refractivity contribution is 7.13. The van der Waals surface area contributed by atoms with Gasteiger partial charge in [-0.25, -0.2) is 4.98 Å². The number of hydrogen-bond donors (Lipinski definition) is 3. The maximum atomic E-state index is 12.1. The number of thiazole rings is 1. The fourth-order valence-electron chi connectivity index (χ4n) is 1.79. The summed E-state index contributed by atoms with van der Waals surface area (Å²) in [7, 11) is 1.94. The molecule has 0 saturated heterocycles. The van der Waals surface area contributed by atoms with E-state index in [2.05, 4.69) is 10.3 Å². The SMILES string of the molecule is Cc1ccc(-c2nc(C(=O)NC(C)(CO)CO)cs2)n1C. The summed E-state index contributed by atoms with van der Waals surface area (Å²) >= 11 is 1.38. The number of aryl methyl sites for hydroxylation is 1. The van der Waals surface area contributed by atoms with Crippen LogP contribution < -0.4 is 5.32 Å². The Balaban J connectivity index is 2.20. The lowest BCUT2D eigenvalue weighted by Crippen LogP contribution is -2.51. The predicted octanol–water partition coefficient (Wildman–Crippen LogP) is 0.930. The Morgan fingerprint density at radius 3 is 2.62 bits per heavy atom. The molecule has 2 aromatic heterocycles. The summed E-state index contributed by atoms with van der Waals surface area (Å²) in [5.41, 5.74) is 1.28. The van der Waals surface area contributed by atoms with Gasteiger partial charge in [-0.15, -0.1) is 11.3 Å². The van der Waals surface area contributed by atoms with E-state index in [0.717, 1.165) is 16.4 Å². The number of nitrogens with one attached hydrogen (secondary N) is 1. The fourth-order valence-corrected chi connectivity index (χ4v) is 2.65. The summed E-state index contributed by atoms with van der Waals surface area (Å²) in [6.07, 6.45) is 0. The highest BCUT2D eigenvalue weighted by atomic mass is 32.1. The minimum atomic E-state index is -1.05. The lowest BCUT2D eigenvalue weighted by atomic mass is 10.1. The number of rotatable bonds is 5. The maximum Gasteiger partial charge on any atom is 0.271 e. The molecule has 0 aromatic carbocycles. The number of nitrogens with zero attached hydrogens (tertiary/aromatic N) is 2. The van der Waals surface area contributed by atoms with E-state index < -0.39 is 11.4 Å². The monoisotopic (exact) mass is 309 g/mol. The van der Waals surface area contributed by atoms with Gasteiger partial charge in [-0.05, 0) is 26.0 Å². The summed E-state index contributed by atoms with van der Waals surface area (Å²) < 4.78 is 2.01. The molecule has 2 heterocycles. The molecule has 0 spiro atoms. The second-order valence-electron chi connectivity index (χ2n) is 5.29. The molecule has 0 bridgehead atoms. The Kier molecular flexibility index (Phi) is 4.46. The number of aromatic nitrogens is 2. The van der Waals surface area contributed by atoms with E-state index in [1.54, 1.807) is 12.3 Å². The van der Waals surface area contributed by atoms with Crippen LogP contribution in [0, 0.1) is 6.92 Å². The second-order valence-corrected chi connectivity index (χ2v) is 6.15. The highest BCUT2D eigenvalue weighted by Gasteiger charge is 2.26. The van der Waals surface area contributed by atoms with Crippen LogP contribution in [0.15, 0.2) is 17.5 Å². The van der Waals surface area contributed by atoms with Crippen molar-refractivity contribution in [2.24, 2.45) is 7.05 Å². The van der Waals surface area contributed by atoms with Gasteiger partial charge >= 0.3 is 0 Å². The zero-order valence-electron chi connectivity index (χ0n) is 12.3. The average molecular weight is 309 g/mol. The van der Waals surface area contributed by atoms with Gasteiger partial charge in [-0.2, -0.15) is 0 Å². The molecular formula is C14H19N3O3S. The molecule has 0 atom stereocenters. The number of amides is 1. The molecule has 0 fully saturated rings. The van der Waals surface area contributed by atoms with Crippen molar-refractivity contribution in [2.75, 3.05) is 13.2 Å². The zero-order chi connectivity index (χ0) is 15.6. The Bertz CT molecular complexity index is 644. The third-order valence-corrected chi connectivity index (χ3v) is 4.31. The van der Waals surface area contributed by atoms with Crippen molar-refractivity contribution < 1.29 is 15.0 Å². The number of aliphatic hydroxyl groups is 2. The Morgan fingerprint density at radius 2 is 2.10 bits per heavy atom. The standard InChI is InChI=1S/C14H19N3O3S/c1-9-4-5-11(17(9)3)13-15-10(6-21-13)12(20)16-14(2,7-18)8-19/h4-6,18-19H,7-8H2,1-3H3,(H,16,20). The van der Waals surface area contributed by atoms with Crippen LogP contribution in [0.1, 0.15) is 23.1 Å². The molecule has 0 saturated carbocycles. The first-order valence-corrected chi connectivity index (χ1v) is 7.40. The van der Waals surface area contributed by atoms with Gasteiger partial charge in [0, 0.05) is 18.1 Å². The Hall–Kier alpha value is -1.70. The van der Waals surface area contributed by atoms with Crippen molar-refractivity contribution in [1.29, 1.82) is 0 Å². The van der Waals surface area contributed by atoms with Gasteiger partial charge in [0.2, 0.25) is 0 Å². The first-order chi connectivity index (χ1) is 9.90. The van der Waals surface area contributed by atoms with Crippen LogP contribution >= 0.6 is 11.3 Å². The van der Waals surface area contributed by atoms with Crippen molar-refractivity contribution in [1.82, 2.24) is 14.9 Å². The van der Waals surface area contributed by atoms with Crippen molar-refractivity contribution >= 4 is 17.2 Å².